The molecule has 0 heterocycles. The van der Waals surface area contributed by atoms with Crippen LogP contribution in [0.15, 0.2) is 48.5 Å². The monoisotopic (exact) mass is 1380 g/mol. The first-order valence-corrected chi connectivity index (χ1v) is 35.3. The van der Waals surface area contributed by atoms with Gasteiger partial charge in [0.25, 0.3) is 16.6 Å². The fraction of sp³-hybridized carbons (Fsp3) is 0.613. The molecule has 4 aromatic rings. The molecule has 0 atom stereocenters. The van der Waals surface area contributed by atoms with Gasteiger partial charge in [-0.3, -0.25) is 13.8 Å². The summed E-state index contributed by atoms with van der Waals surface area (Å²) in [6.07, 6.45) is 33.3. The minimum absolute atomic E-state index is 0. The molecule has 0 unspecified atom stereocenters. The van der Waals surface area contributed by atoms with Gasteiger partial charge in [-0.25, -0.2) is 17.6 Å². The SMILES string of the molecule is C.CCCCCc1cc(CC#N)c(F)c(CCCCC)c1.CCCCCc1cc(CCCCC)c(F)c(CC(=O)O)c1.CCCCCc1cc(CCCCC)c(F)c(CC(=O)[O-])c1.CCCCCc1cc(CCCCC)c(F)c(COS(C)(=O)=O)c1.O=CO[O-].[C-]#N.[Na+].[Na+].[Na+]. The fourth-order valence-corrected chi connectivity index (χ4v) is 10.6. The molecule has 20 heteroatoms. The summed E-state index contributed by atoms with van der Waals surface area (Å²) < 4.78 is 84.7. The Labute approximate surface area is 638 Å². The zero-order valence-electron chi connectivity index (χ0n) is 59.6. The van der Waals surface area contributed by atoms with Crippen molar-refractivity contribution in [3.63, 3.8) is 0 Å². The third-order valence-electron chi connectivity index (χ3n) is 15.0. The summed E-state index contributed by atoms with van der Waals surface area (Å²) in [4.78, 5) is 32.9. The normalized spacial score (nSPS) is 10.1. The number of carboxylic acid groups (broad SMARTS) is 2. The summed E-state index contributed by atoms with van der Waals surface area (Å²) in [7, 11) is -3.57. The van der Waals surface area contributed by atoms with Crippen molar-refractivity contribution in [2.75, 3.05) is 6.26 Å². The second-order valence-electron chi connectivity index (χ2n) is 23.2. The number of rotatable bonds is 41. The number of carbonyl (C=O) groups excluding carboxylic acids is 2. The largest absolute Gasteiger partial charge is 1.00 e. The van der Waals surface area contributed by atoms with Crippen LogP contribution in [-0.4, -0.2) is 38.2 Å². The number of nitriles is 1. The summed E-state index contributed by atoms with van der Waals surface area (Å²) >= 11 is 0. The Morgan fingerprint density at radius 2 is 0.705 bits per heavy atom. The van der Waals surface area contributed by atoms with Crippen LogP contribution in [0.4, 0.5) is 17.6 Å². The molecule has 0 fully saturated rings. The standard InChI is InChI=1S/C18H26FN.C18H29FO3S.2C18H27FO2.CN.CH2O3.CH4.3Na/c1-3-5-7-9-15-13-16(10-8-6-4-2)18(19)17(14-15)11-12-20;1-4-6-8-10-15-12-16(11-9-7-5-2)18(19)17(13-15)14-22-23(3,20)21;2*1-3-5-7-9-14-11-15(10-8-6-4-2)18(19)16(12-14)13-17(20)21;1-2;2-1-4-3;;;;/h13-14H,3-11H2,1-2H3;12-13H,4-11,14H2,1-3H3;2*11-12H,3-10,13H2,1-2H3,(H,20,21);;1,3H;1H4;;;/q;;;;-1;;;3*+1/p-2. The molecule has 4 aromatic carbocycles. The summed E-state index contributed by atoms with van der Waals surface area (Å²) in [5.74, 6) is -3.33. The molecule has 0 amide bonds. The molecule has 0 saturated heterocycles. The van der Waals surface area contributed by atoms with Crippen molar-refractivity contribution in [2.45, 2.75) is 294 Å². The predicted molar refractivity (Wildman–Crippen MR) is 359 cm³/mol. The zero-order valence-corrected chi connectivity index (χ0v) is 66.4. The van der Waals surface area contributed by atoms with Crippen LogP contribution in [0.1, 0.15) is 284 Å². The molecule has 1 N–H and O–H groups in total. The number of benzene rings is 4. The maximum Gasteiger partial charge on any atom is 1.00 e. The number of aryl methyl sites for hydroxylation is 8. The molecule has 0 aliphatic rings. The Bertz CT molecular complexity index is 2740. The molecule has 4 rings (SSSR count). The first kappa shape index (κ1) is 103. The first-order valence-electron chi connectivity index (χ1n) is 33.5. The van der Waals surface area contributed by atoms with E-state index < -0.39 is 22.1 Å². The summed E-state index contributed by atoms with van der Waals surface area (Å²) in [5, 5.41) is 43.2. The third-order valence-corrected chi connectivity index (χ3v) is 15.6. The number of nitrogens with zero attached hydrogens (tertiary/aromatic N) is 2. The number of carboxylic acids is 2. The van der Waals surface area contributed by atoms with Gasteiger partial charge in [0.05, 0.1) is 31.8 Å². The van der Waals surface area contributed by atoms with Crippen molar-refractivity contribution in [3.05, 3.63) is 145 Å². The predicted octanol–water partition coefficient (Wildman–Crippen LogP) is 8.81. The molecule has 0 aromatic heterocycles. The van der Waals surface area contributed by atoms with Gasteiger partial charge in [0, 0.05) is 23.5 Å². The fourth-order valence-electron chi connectivity index (χ4n) is 10.2. The van der Waals surface area contributed by atoms with Gasteiger partial charge in [0.2, 0.25) is 0 Å². The maximum atomic E-state index is 14.6. The van der Waals surface area contributed by atoms with E-state index in [2.05, 4.69) is 66.3 Å². The number of hydrogen-bond acceptors (Lipinski definition) is 11. The van der Waals surface area contributed by atoms with E-state index in [0.717, 1.165) is 202 Å². The molecule has 0 radical (unpaired) electrons. The van der Waals surface area contributed by atoms with Gasteiger partial charge in [-0.15, -0.1) is 0 Å². The zero-order chi connectivity index (χ0) is 68.8. The number of unbranched alkanes of at least 4 members (excludes halogenated alkanes) is 16. The number of carbonyl (C=O) groups is 3. The second kappa shape index (κ2) is 66.7. The van der Waals surface area contributed by atoms with Crippen LogP contribution >= 0.6 is 0 Å². The minimum Gasteiger partial charge on any atom is -0.662 e. The number of halogens is 4. The van der Waals surface area contributed by atoms with E-state index in [1.165, 1.54) is 18.4 Å². The van der Waals surface area contributed by atoms with Crippen LogP contribution in [0.5, 0.6) is 0 Å². The van der Waals surface area contributed by atoms with Crippen LogP contribution in [0.3, 0.4) is 0 Å². The average molecular weight is 1380 g/mol. The Kier molecular flexibility index (Phi) is 72.3. The smallest absolute Gasteiger partial charge is 0.662 e. The van der Waals surface area contributed by atoms with Gasteiger partial charge < -0.3 is 37.0 Å². The molecule has 0 aliphatic heterocycles. The molecule has 0 bridgehead atoms. The van der Waals surface area contributed by atoms with E-state index >= 15 is 0 Å². The van der Waals surface area contributed by atoms with Crippen LogP contribution in [-0.2, 0) is 111 Å². The van der Waals surface area contributed by atoms with Crippen molar-refractivity contribution in [3.8, 4) is 6.07 Å². The van der Waals surface area contributed by atoms with Crippen LogP contribution in [0, 0.1) is 46.4 Å². The second-order valence-corrected chi connectivity index (χ2v) is 24.8. The van der Waals surface area contributed by atoms with Crippen LogP contribution < -0.4 is 99.0 Å². The Morgan fingerprint density at radius 1 is 0.474 bits per heavy atom. The molecule has 0 aliphatic carbocycles. The van der Waals surface area contributed by atoms with Crippen molar-refractivity contribution < 1.29 is 154 Å². The van der Waals surface area contributed by atoms with E-state index in [0.29, 0.717) is 52.6 Å². The summed E-state index contributed by atoms with van der Waals surface area (Å²) in [6.45, 7) is 21.5. The van der Waals surface area contributed by atoms with Crippen LogP contribution in [0.25, 0.3) is 0 Å². The summed E-state index contributed by atoms with van der Waals surface area (Å²) in [6, 6.07) is 16.9. The number of hydrogen-bond donors (Lipinski definition) is 1. The average Bonchev–Trinajstić information content (AvgIpc) is 0.903. The number of aliphatic carboxylic acids is 2. The molecular formula is C75H113F4N2Na3O10S. The third kappa shape index (κ3) is 50.8. The van der Waals surface area contributed by atoms with Gasteiger partial charge in [-0.05, 0) is 158 Å². The Hall–Kier alpha value is -3.14. The first-order chi connectivity index (χ1) is 43.7. The molecule has 95 heavy (non-hydrogen) atoms. The maximum absolute atomic E-state index is 14.6. The van der Waals surface area contributed by atoms with Gasteiger partial charge >= 0.3 is 94.6 Å². The van der Waals surface area contributed by atoms with E-state index in [1.807, 2.05) is 30.3 Å². The van der Waals surface area contributed by atoms with Gasteiger partial charge in [0.1, 0.15) is 23.3 Å². The molecular weight excluding hydrogens is 1270 g/mol. The molecule has 12 nitrogen and oxygen atoms in total. The molecule has 520 valence electrons. The topological polar surface area (TPSA) is 218 Å². The van der Waals surface area contributed by atoms with Crippen molar-refractivity contribution in [1.82, 2.24) is 0 Å². The van der Waals surface area contributed by atoms with E-state index in [9.17, 15) is 40.7 Å². The van der Waals surface area contributed by atoms with Crippen molar-refractivity contribution in [1.29, 1.82) is 10.5 Å². The van der Waals surface area contributed by atoms with E-state index in [1.54, 1.807) is 18.2 Å². The Balaban J connectivity index is -0.000000266. The van der Waals surface area contributed by atoms with Gasteiger partial charge in [-0.1, -0.05) is 214 Å². The molecule has 0 spiro atoms. The van der Waals surface area contributed by atoms with Gasteiger partial charge in [0.15, 0.2) is 0 Å². The van der Waals surface area contributed by atoms with Gasteiger partial charge in [-0.2, -0.15) is 13.7 Å². The van der Waals surface area contributed by atoms with Crippen LogP contribution in [0.2, 0.25) is 0 Å². The van der Waals surface area contributed by atoms with Crippen molar-refractivity contribution in [2.24, 2.45) is 0 Å². The van der Waals surface area contributed by atoms with E-state index in [4.69, 9.17) is 36.4 Å². The minimum atomic E-state index is -3.57. The van der Waals surface area contributed by atoms with E-state index in [-0.39, 0.29) is 157 Å². The quantitative estimate of drug-likeness (QED) is 0.00645. The summed E-state index contributed by atoms with van der Waals surface area (Å²) in [5.41, 5.74) is 8.75. The molecule has 0 saturated carbocycles. The van der Waals surface area contributed by atoms with Crippen molar-refractivity contribution >= 4 is 28.5 Å². The Morgan fingerprint density at radius 3 is 0.947 bits per heavy atom.